The number of methoxy groups -OCH3 is 1. The van der Waals surface area contributed by atoms with E-state index in [2.05, 4.69) is 32.0 Å². The number of aryl methyl sites for hydroxylation is 2. The van der Waals surface area contributed by atoms with Crippen molar-refractivity contribution in [2.24, 2.45) is 0 Å². The number of amides is 1. The molecule has 1 aromatic rings. The molecule has 0 unspecified atom stereocenters. The summed E-state index contributed by atoms with van der Waals surface area (Å²) < 4.78 is 16.3. The lowest BCUT2D eigenvalue weighted by atomic mass is 9.99. The molecule has 0 aliphatic carbocycles. The van der Waals surface area contributed by atoms with Crippen LogP contribution in [0.1, 0.15) is 29.7 Å². The van der Waals surface area contributed by atoms with Gasteiger partial charge in [-0.25, -0.2) is 0 Å². The van der Waals surface area contributed by atoms with Gasteiger partial charge in [0.1, 0.15) is 12.7 Å². The lowest BCUT2D eigenvalue weighted by Gasteiger charge is -2.38. The van der Waals surface area contributed by atoms with Crippen molar-refractivity contribution in [3.05, 3.63) is 34.9 Å². The second-order valence-corrected chi connectivity index (χ2v) is 6.12. The third-order valence-corrected chi connectivity index (χ3v) is 4.19. The average molecular weight is 321 g/mol. The molecule has 0 radical (unpaired) electrons. The molecule has 0 N–H and O–H groups in total. The molecule has 5 nitrogen and oxygen atoms in total. The molecular formula is C18H27NO4. The highest BCUT2D eigenvalue weighted by Gasteiger charge is 2.31. The van der Waals surface area contributed by atoms with Crippen molar-refractivity contribution in [2.45, 2.75) is 32.9 Å². The highest BCUT2D eigenvalue weighted by Crippen LogP contribution is 2.28. The molecule has 1 aliphatic rings. The van der Waals surface area contributed by atoms with Gasteiger partial charge < -0.3 is 19.1 Å². The lowest BCUT2D eigenvalue weighted by molar-refractivity contribution is -0.149. The van der Waals surface area contributed by atoms with Crippen LogP contribution in [0.2, 0.25) is 0 Å². The molecule has 1 aliphatic heterocycles. The molecule has 2 atom stereocenters. The lowest BCUT2D eigenvalue weighted by Crippen LogP contribution is -2.49. The van der Waals surface area contributed by atoms with Gasteiger partial charge in [-0.15, -0.1) is 0 Å². The number of benzene rings is 1. The van der Waals surface area contributed by atoms with Crippen LogP contribution in [-0.4, -0.2) is 56.9 Å². The Morgan fingerprint density at radius 1 is 1.35 bits per heavy atom. The molecule has 0 spiro atoms. The first-order valence-electron chi connectivity index (χ1n) is 8.07. The number of carbonyl (C=O) groups is 1. The van der Waals surface area contributed by atoms with Crippen LogP contribution < -0.4 is 0 Å². The highest BCUT2D eigenvalue weighted by molar-refractivity contribution is 5.78. The van der Waals surface area contributed by atoms with Crippen molar-refractivity contribution in [1.82, 2.24) is 4.90 Å². The Morgan fingerprint density at radius 2 is 2.13 bits per heavy atom. The molecular weight excluding hydrogens is 294 g/mol. The predicted octanol–water partition coefficient (Wildman–Crippen LogP) is 2.25. The number of morpholine rings is 1. The van der Waals surface area contributed by atoms with Crippen molar-refractivity contribution in [1.29, 1.82) is 0 Å². The monoisotopic (exact) mass is 321 g/mol. The fourth-order valence-corrected chi connectivity index (χ4v) is 2.78. The van der Waals surface area contributed by atoms with E-state index in [1.165, 1.54) is 11.1 Å². The van der Waals surface area contributed by atoms with E-state index in [9.17, 15) is 4.79 Å². The van der Waals surface area contributed by atoms with Gasteiger partial charge in [-0.05, 0) is 31.9 Å². The van der Waals surface area contributed by atoms with E-state index < -0.39 is 0 Å². The van der Waals surface area contributed by atoms with Gasteiger partial charge in [-0.2, -0.15) is 0 Å². The quantitative estimate of drug-likeness (QED) is 0.754. The molecule has 5 heteroatoms. The summed E-state index contributed by atoms with van der Waals surface area (Å²) in [6.07, 6.45) is -0.0750. The Balaban J connectivity index is 2.01. The fourth-order valence-electron chi connectivity index (χ4n) is 2.78. The molecule has 23 heavy (non-hydrogen) atoms. The molecule has 1 amide bonds. The highest BCUT2D eigenvalue weighted by atomic mass is 16.5. The summed E-state index contributed by atoms with van der Waals surface area (Å²) in [5.74, 6) is 0.00668. The van der Waals surface area contributed by atoms with Crippen LogP contribution in [0.3, 0.4) is 0 Å². The minimum absolute atomic E-state index is 0.00668. The van der Waals surface area contributed by atoms with Crippen LogP contribution in [0.15, 0.2) is 18.2 Å². The first kappa shape index (κ1) is 17.9. The molecule has 0 aromatic heterocycles. The second-order valence-electron chi connectivity index (χ2n) is 6.12. The normalized spacial score (nSPS) is 21.5. The minimum atomic E-state index is -0.0750. The van der Waals surface area contributed by atoms with Gasteiger partial charge in [0.25, 0.3) is 0 Å². The summed E-state index contributed by atoms with van der Waals surface area (Å²) in [5.41, 5.74) is 3.56. The number of hydrogen-bond donors (Lipinski definition) is 0. The van der Waals surface area contributed by atoms with Crippen LogP contribution in [0.25, 0.3) is 0 Å². The third-order valence-electron chi connectivity index (χ3n) is 4.19. The zero-order chi connectivity index (χ0) is 16.8. The molecule has 0 saturated carbocycles. The van der Waals surface area contributed by atoms with Gasteiger partial charge >= 0.3 is 0 Å². The van der Waals surface area contributed by atoms with Crippen molar-refractivity contribution in [3.8, 4) is 0 Å². The Bertz CT molecular complexity index is 532. The maximum absolute atomic E-state index is 12.4. The van der Waals surface area contributed by atoms with E-state index in [1.54, 1.807) is 7.11 Å². The van der Waals surface area contributed by atoms with Crippen molar-refractivity contribution < 1.29 is 19.0 Å². The second kappa shape index (κ2) is 8.43. The summed E-state index contributed by atoms with van der Waals surface area (Å²) in [6.45, 7) is 8.29. The Kier molecular flexibility index (Phi) is 6.57. The van der Waals surface area contributed by atoms with E-state index in [0.717, 1.165) is 5.56 Å². The molecule has 0 bridgehead atoms. The van der Waals surface area contributed by atoms with Crippen LogP contribution in [-0.2, 0) is 19.0 Å². The zero-order valence-electron chi connectivity index (χ0n) is 14.5. The maximum Gasteiger partial charge on any atom is 0.248 e. The van der Waals surface area contributed by atoms with Crippen LogP contribution in [0.5, 0.6) is 0 Å². The van der Waals surface area contributed by atoms with Gasteiger partial charge in [0.2, 0.25) is 5.91 Å². The summed E-state index contributed by atoms with van der Waals surface area (Å²) in [6, 6.07) is 6.41. The Hall–Kier alpha value is -1.43. The average Bonchev–Trinajstić information content (AvgIpc) is 2.54. The van der Waals surface area contributed by atoms with E-state index in [4.69, 9.17) is 14.2 Å². The maximum atomic E-state index is 12.4. The topological polar surface area (TPSA) is 48.0 Å². The summed E-state index contributed by atoms with van der Waals surface area (Å²) in [5, 5.41) is 0. The predicted molar refractivity (Wildman–Crippen MR) is 88.5 cm³/mol. The van der Waals surface area contributed by atoms with Gasteiger partial charge in [0.05, 0.1) is 32.4 Å². The SMILES string of the molecule is COCCOCC(=O)N1C[C@@H](c2cc(C)ccc2C)OC[C@H]1C. The smallest absolute Gasteiger partial charge is 0.248 e. The molecule has 2 rings (SSSR count). The van der Waals surface area contributed by atoms with Crippen LogP contribution in [0, 0.1) is 13.8 Å². The summed E-state index contributed by atoms with van der Waals surface area (Å²) >= 11 is 0. The Labute approximate surface area is 138 Å². The third kappa shape index (κ3) is 4.77. The number of carbonyl (C=O) groups excluding carboxylic acids is 1. The van der Waals surface area contributed by atoms with Gasteiger partial charge in [-0.1, -0.05) is 23.8 Å². The van der Waals surface area contributed by atoms with Gasteiger partial charge in [0, 0.05) is 7.11 Å². The van der Waals surface area contributed by atoms with E-state index in [-0.39, 0.29) is 24.7 Å². The van der Waals surface area contributed by atoms with Gasteiger partial charge in [-0.3, -0.25) is 4.79 Å². The Morgan fingerprint density at radius 3 is 2.87 bits per heavy atom. The van der Waals surface area contributed by atoms with E-state index >= 15 is 0 Å². The summed E-state index contributed by atoms with van der Waals surface area (Å²) in [7, 11) is 1.62. The molecule has 1 aromatic carbocycles. The van der Waals surface area contributed by atoms with Crippen LogP contribution in [0.4, 0.5) is 0 Å². The van der Waals surface area contributed by atoms with Gasteiger partial charge in [0.15, 0.2) is 0 Å². The van der Waals surface area contributed by atoms with E-state index in [0.29, 0.717) is 26.4 Å². The van der Waals surface area contributed by atoms with E-state index in [1.807, 2.05) is 11.8 Å². The molecule has 128 valence electrons. The zero-order valence-corrected chi connectivity index (χ0v) is 14.5. The number of nitrogens with zero attached hydrogens (tertiary/aromatic N) is 1. The minimum Gasteiger partial charge on any atom is -0.382 e. The van der Waals surface area contributed by atoms with Crippen molar-refractivity contribution in [3.63, 3.8) is 0 Å². The van der Waals surface area contributed by atoms with Crippen LogP contribution >= 0.6 is 0 Å². The largest absolute Gasteiger partial charge is 0.382 e. The van der Waals surface area contributed by atoms with Crippen molar-refractivity contribution in [2.75, 3.05) is 40.1 Å². The number of rotatable bonds is 6. The first-order chi connectivity index (χ1) is 11.0. The molecule has 1 fully saturated rings. The van der Waals surface area contributed by atoms with Crippen molar-refractivity contribution >= 4 is 5.91 Å². The molecule has 1 saturated heterocycles. The first-order valence-corrected chi connectivity index (χ1v) is 8.07. The summed E-state index contributed by atoms with van der Waals surface area (Å²) in [4.78, 5) is 14.3. The number of hydrogen-bond acceptors (Lipinski definition) is 4. The number of ether oxygens (including phenoxy) is 3. The fraction of sp³-hybridized carbons (Fsp3) is 0.611. The standard InChI is InChI=1S/C18H27NO4/c1-13-5-6-14(2)16(9-13)17-10-19(15(3)11-23-17)18(20)12-22-8-7-21-4/h5-6,9,15,17H,7-8,10-12H2,1-4H3/t15-,17+/m1/s1. The molecule has 1 heterocycles.